The van der Waals surface area contributed by atoms with E-state index in [1.165, 1.54) is 19.1 Å². The van der Waals surface area contributed by atoms with E-state index >= 15 is 0 Å². The Morgan fingerprint density at radius 2 is 1.59 bits per heavy atom. The van der Waals surface area contributed by atoms with E-state index in [9.17, 15) is 14.0 Å². The molecule has 0 aliphatic heterocycles. The Balaban J connectivity index is 1.89. The monoisotopic (exact) mass is 301 g/mol. The van der Waals surface area contributed by atoms with Crippen LogP contribution in [0.3, 0.4) is 0 Å². The van der Waals surface area contributed by atoms with E-state index in [0.717, 1.165) is 11.1 Å². The van der Waals surface area contributed by atoms with Crippen molar-refractivity contribution in [3.05, 3.63) is 71.0 Å². The molecule has 0 spiro atoms. The number of carbonyl (C=O) groups is 2. The summed E-state index contributed by atoms with van der Waals surface area (Å²) in [6, 6.07) is 12.6. The average molecular weight is 301 g/mol. The van der Waals surface area contributed by atoms with Gasteiger partial charge in [-0.25, -0.2) is 9.18 Å². The van der Waals surface area contributed by atoms with E-state index in [0.29, 0.717) is 12.1 Å². The highest BCUT2D eigenvalue weighted by Gasteiger charge is 2.07. The van der Waals surface area contributed by atoms with Crippen LogP contribution in [-0.4, -0.2) is 11.9 Å². The second-order valence-electron chi connectivity index (χ2n) is 4.81. The largest absolute Gasteiger partial charge is 0.457 e. The summed E-state index contributed by atoms with van der Waals surface area (Å²) in [6.45, 7) is 1.95. The lowest BCUT2D eigenvalue weighted by Gasteiger charge is -2.06. The number of rotatable bonds is 5. The summed E-state index contributed by atoms with van der Waals surface area (Å²) < 4.78 is 17.9. The summed E-state index contributed by atoms with van der Waals surface area (Å²) >= 11 is 0. The second kappa shape index (κ2) is 7.36. The molecule has 1 N–H and O–H groups in total. The predicted octanol–water partition coefficient (Wildman–Crippen LogP) is 2.82. The van der Waals surface area contributed by atoms with E-state index in [1.54, 1.807) is 36.4 Å². The van der Waals surface area contributed by atoms with Crippen LogP contribution in [0.15, 0.2) is 48.5 Å². The SMILES string of the molecule is CC(=O)NCc1ccc(C(=O)OCc2ccc(F)cc2)cc1. The maximum absolute atomic E-state index is 12.8. The molecule has 4 nitrogen and oxygen atoms in total. The molecule has 0 atom stereocenters. The van der Waals surface area contributed by atoms with Crippen LogP contribution in [0.2, 0.25) is 0 Å². The van der Waals surface area contributed by atoms with Gasteiger partial charge in [0.15, 0.2) is 0 Å². The number of hydrogen-bond acceptors (Lipinski definition) is 3. The third kappa shape index (κ3) is 4.70. The minimum atomic E-state index is -0.449. The Hall–Kier alpha value is -2.69. The number of carbonyl (C=O) groups excluding carboxylic acids is 2. The fourth-order valence-corrected chi connectivity index (χ4v) is 1.80. The van der Waals surface area contributed by atoms with Crippen LogP contribution in [0.4, 0.5) is 4.39 Å². The third-order valence-electron chi connectivity index (χ3n) is 3.01. The standard InChI is InChI=1S/C17H16FNO3/c1-12(20)19-10-13-2-6-15(7-3-13)17(21)22-11-14-4-8-16(18)9-5-14/h2-9H,10-11H2,1H3,(H,19,20). The van der Waals surface area contributed by atoms with Crippen molar-refractivity contribution in [1.29, 1.82) is 0 Å². The number of amides is 1. The van der Waals surface area contributed by atoms with Crippen LogP contribution >= 0.6 is 0 Å². The molecule has 0 heterocycles. The molecule has 0 unspecified atom stereocenters. The average Bonchev–Trinajstić information content (AvgIpc) is 2.52. The van der Waals surface area contributed by atoms with Crippen molar-refractivity contribution in [1.82, 2.24) is 5.32 Å². The van der Waals surface area contributed by atoms with Gasteiger partial charge >= 0.3 is 5.97 Å². The van der Waals surface area contributed by atoms with Crippen LogP contribution < -0.4 is 5.32 Å². The molecule has 0 bridgehead atoms. The van der Waals surface area contributed by atoms with Crippen LogP contribution in [0.25, 0.3) is 0 Å². The van der Waals surface area contributed by atoms with Gasteiger partial charge in [-0.3, -0.25) is 4.79 Å². The van der Waals surface area contributed by atoms with E-state index in [-0.39, 0.29) is 18.3 Å². The van der Waals surface area contributed by atoms with Crippen molar-refractivity contribution in [3.63, 3.8) is 0 Å². The molecule has 0 aliphatic rings. The van der Waals surface area contributed by atoms with Gasteiger partial charge in [-0.1, -0.05) is 24.3 Å². The zero-order valence-electron chi connectivity index (χ0n) is 12.1. The molecule has 2 rings (SSSR count). The van der Waals surface area contributed by atoms with Crippen LogP contribution in [0, 0.1) is 5.82 Å². The highest BCUT2D eigenvalue weighted by Crippen LogP contribution is 2.09. The minimum Gasteiger partial charge on any atom is -0.457 e. The Kier molecular flexibility index (Phi) is 5.25. The van der Waals surface area contributed by atoms with Crippen molar-refractivity contribution in [2.75, 3.05) is 0 Å². The normalized spacial score (nSPS) is 10.1. The number of esters is 1. The Bertz CT molecular complexity index is 651. The van der Waals surface area contributed by atoms with Crippen LogP contribution in [0.1, 0.15) is 28.4 Å². The lowest BCUT2D eigenvalue weighted by Crippen LogP contribution is -2.18. The van der Waals surface area contributed by atoms with Crippen molar-refractivity contribution in [3.8, 4) is 0 Å². The summed E-state index contributed by atoms with van der Waals surface area (Å²) in [6.07, 6.45) is 0. The zero-order valence-corrected chi connectivity index (χ0v) is 12.1. The number of halogens is 1. The van der Waals surface area contributed by atoms with Gasteiger partial charge in [-0.15, -0.1) is 0 Å². The smallest absolute Gasteiger partial charge is 0.338 e. The van der Waals surface area contributed by atoms with E-state index in [4.69, 9.17) is 4.74 Å². The quantitative estimate of drug-likeness (QED) is 0.864. The van der Waals surface area contributed by atoms with Crippen molar-refractivity contribution in [2.24, 2.45) is 0 Å². The molecule has 2 aromatic rings. The molecule has 1 amide bonds. The van der Waals surface area contributed by atoms with Crippen molar-refractivity contribution < 1.29 is 18.7 Å². The number of hydrogen-bond donors (Lipinski definition) is 1. The highest BCUT2D eigenvalue weighted by molar-refractivity contribution is 5.89. The van der Waals surface area contributed by atoms with Gasteiger partial charge in [0, 0.05) is 13.5 Å². The molecule has 22 heavy (non-hydrogen) atoms. The summed E-state index contributed by atoms with van der Waals surface area (Å²) in [5.41, 5.74) is 2.04. The van der Waals surface area contributed by atoms with Gasteiger partial charge < -0.3 is 10.1 Å². The lowest BCUT2D eigenvalue weighted by atomic mass is 10.1. The maximum atomic E-state index is 12.8. The number of ether oxygens (including phenoxy) is 1. The first kappa shape index (κ1) is 15.7. The zero-order chi connectivity index (χ0) is 15.9. The highest BCUT2D eigenvalue weighted by atomic mass is 19.1. The summed E-state index contributed by atoms with van der Waals surface area (Å²) in [5.74, 6) is -0.886. The molecular weight excluding hydrogens is 285 g/mol. The van der Waals surface area contributed by atoms with Crippen molar-refractivity contribution >= 4 is 11.9 Å². The van der Waals surface area contributed by atoms with Gasteiger partial charge in [0.25, 0.3) is 0 Å². The molecule has 0 saturated carbocycles. The van der Waals surface area contributed by atoms with Gasteiger partial charge in [0.1, 0.15) is 12.4 Å². The first-order chi connectivity index (χ1) is 10.5. The predicted molar refractivity (Wildman–Crippen MR) is 79.5 cm³/mol. The van der Waals surface area contributed by atoms with Crippen LogP contribution in [0.5, 0.6) is 0 Å². The summed E-state index contributed by atoms with van der Waals surface area (Å²) in [7, 11) is 0. The third-order valence-corrected chi connectivity index (χ3v) is 3.01. The molecule has 0 aromatic heterocycles. The fraction of sp³-hybridized carbons (Fsp3) is 0.176. The number of benzene rings is 2. The Morgan fingerprint density at radius 1 is 1.00 bits per heavy atom. The first-order valence-electron chi connectivity index (χ1n) is 6.79. The molecule has 114 valence electrons. The minimum absolute atomic E-state index is 0.0900. The van der Waals surface area contributed by atoms with Crippen molar-refractivity contribution in [2.45, 2.75) is 20.1 Å². The molecule has 0 fully saturated rings. The van der Waals surface area contributed by atoms with E-state index in [1.807, 2.05) is 0 Å². The Morgan fingerprint density at radius 3 is 2.18 bits per heavy atom. The Labute approximate surface area is 127 Å². The topological polar surface area (TPSA) is 55.4 Å². The fourth-order valence-electron chi connectivity index (χ4n) is 1.80. The molecule has 5 heteroatoms. The van der Waals surface area contributed by atoms with Crippen LogP contribution in [-0.2, 0) is 22.7 Å². The lowest BCUT2D eigenvalue weighted by molar-refractivity contribution is -0.119. The summed E-state index contributed by atoms with van der Waals surface area (Å²) in [5, 5.41) is 2.68. The van der Waals surface area contributed by atoms with E-state index < -0.39 is 5.97 Å². The molecule has 2 aromatic carbocycles. The first-order valence-corrected chi connectivity index (χ1v) is 6.79. The molecular formula is C17H16FNO3. The molecule has 0 radical (unpaired) electrons. The van der Waals surface area contributed by atoms with Gasteiger partial charge in [-0.05, 0) is 35.4 Å². The van der Waals surface area contributed by atoms with Gasteiger partial charge in [0.2, 0.25) is 5.91 Å². The number of nitrogens with one attached hydrogen (secondary N) is 1. The van der Waals surface area contributed by atoms with Gasteiger partial charge in [-0.2, -0.15) is 0 Å². The van der Waals surface area contributed by atoms with E-state index in [2.05, 4.69) is 5.32 Å². The second-order valence-corrected chi connectivity index (χ2v) is 4.81. The maximum Gasteiger partial charge on any atom is 0.338 e. The van der Waals surface area contributed by atoms with Gasteiger partial charge in [0.05, 0.1) is 5.56 Å². The molecule has 0 saturated heterocycles. The molecule has 0 aliphatic carbocycles. The summed E-state index contributed by atoms with van der Waals surface area (Å²) in [4.78, 5) is 22.7.